The zero-order valence-electron chi connectivity index (χ0n) is 11.7. The van der Waals surface area contributed by atoms with Crippen molar-refractivity contribution in [2.45, 2.75) is 26.2 Å². The highest BCUT2D eigenvalue weighted by molar-refractivity contribution is 7.89. The third-order valence-electron chi connectivity index (χ3n) is 2.40. The second kappa shape index (κ2) is 5.70. The Morgan fingerprint density at radius 3 is 2.47 bits per heavy atom. The maximum atomic E-state index is 11.3. The zero-order valence-corrected chi connectivity index (χ0v) is 12.5. The highest BCUT2D eigenvalue weighted by Gasteiger charge is 2.18. The molecular formula is C11H21N5O2S. The molecule has 7 nitrogen and oxygen atoms in total. The molecule has 0 spiro atoms. The highest BCUT2D eigenvalue weighted by Crippen LogP contribution is 2.20. The molecule has 1 aromatic rings. The Kier molecular flexibility index (Phi) is 4.70. The smallest absolute Gasteiger partial charge is 0.213 e. The van der Waals surface area contributed by atoms with Crippen LogP contribution in [-0.2, 0) is 15.4 Å². The molecule has 4 N–H and O–H groups in total. The number of anilines is 2. The van der Waals surface area contributed by atoms with Crippen molar-refractivity contribution in [2.75, 3.05) is 30.4 Å². The van der Waals surface area contributed by atoms with Gasteiger partial charge in [-0.15, -0.1) is 0 Å². The molecule has 1 heterocycles. The van der Waals surface area contributed by atoms with Gasteiger partial charge >= 0.3 is 0 Å². The van der Waals surface area contributed by atoms with Crippen LogP contribution in [0.25, 0.3) is 0 Å². The Hall–Kier alpha value is -1.41. The lowest BCUT2D eigenvalue weighted by Crippen LogP contribution is -2.26. The Morgan fingerprint density at radius 2 is 1.95 bits per heavy atom. The first-order valence-corrected chi connectivity index (χ1v) is 7.59. The number of nitrogens with one attached hydrogen (secondary N) is 2. The van der Waals surface area contributed by atoms with Crippen LogP contribution >= 0.6 is 0 Å². The Bertz CT molecular complexity index is 537. The lowest BCUT2D eigenvalue weighted by Gasteiger charge is -2.18. The molecule has 0 bridgehead atoms. The van der Waals surface area contributed by atoms with Crippen LogP contribution in [0.5, 0.6) is 0 Å². The van der Waals surface area contributed by atoms with Crippen molar-refractivity contribution in [3.63, 3.8) is 0 Å². The van der Waals surface area contributed by atoms with Gasteiger partial charge in [0.1, 0.15) is 17.5 Å². The summed E-state index contributed by atoms with van der Waals surface area (Å²) in [6, 6.07) is 1.58. The van der Waals surface area contributed by atoms with Crippen LogP contribution in [0, 0.1) is 0 Å². The third-order valence-corrected chi connectivity index (χ3v) is 3.77. The van der Waals surface area contributed by atoms with E-state index in [2.05, 4.69) is 20.0 Å². The predicted molar refractivity (Wildman–Crippen MR) is 76.5 cm³/mol. The molecule has 0 radical (unpaired) electrons. The van der Waals surface area contributed by atoms with E-state index in [1.807, 2.05) is 20.8 Å². The van der Waals surface area contributed by atoms with Gasteiger partial charge in [0.2, 0.25) is 10.0 Å². The van der Waals surface area contributed by atoms with Crippen molar-refractivity contribution in [1.29, 1.82) is 0 Å². The molecule has 19 heavy (non-hydrogen) atoms. The summed E-state index contributed by atoms with van der Waals surface area (Å²) in [5, 5.41) is 2.94. The monoisotopic (exact) mass is 287 g/mol. The normalized spacial score (nSPS) is 12.4. The minimum absolute atomic E-state index is 0.0295. The highest BCUT2D eigenvalue weighted by atomic mass is 32.2. The molecule has 108 valence electrons. The summed E-state index contributed by atoms with van der Waals surface area (Å²) in [7, 11) is -1.84. The molecule has 0 fully saturated rings. The van der Waals surface area contributed by atoms with Crippen molar-refractivity contribution in [3.05, 3.63) is 11.9 Å². The summed E-state index contributed by atoms with van der Waals surface area (Å²) >= 11 is 0. The van der Waals surface area contributed by atoms with E-state index in [4.69, 9.17) is 5.73 Å². The van der Waals surface area contributed by atoms with E-state index < -0.39 is 10.0 Å². The van der Waals surface area contributed by atoms with E-state index >= 15 is 0 Å². The van der Waals surface area contributed by atoms with Crippen LogP contribution in [0.2, 0.25) is 0 Å². The van der Waals surface area contributed by atoms with Gasteiger partial charge in [-0.1, -0.05) is 20.8 Å². The lowest BCUT2D eigenvalue weighted by molar-refractivity contribution is 0.547. The van der Waals surface area contributed by atoms with E-state index in [-0.39, 0.29) is 17.7 Å². The molecule has 0 amide bonds. The lowest BCUT2D eigenvalue weighted by atomic mass is 9.96. The van der Waals surface area contributed by atoms with Gasteiger partial charge in [0.15, 0.2) is 0 Å². The number of hydrogen-bond donors (Lipinski definition) is 3. The molecule has 0 aliphatic heterocycles. The molecule has 1 rings (SSSR count). The average molecular weight is 287 g/mol. The fraction of sp³-hybridized carbons (Fsp3) is 0.636. The molecule has 0 saturated carbocycles. The number of nitrogens with zero attached hydrogens (tertiary/aromatic N) is 2. The molecule has 0 saturated heterocycles. The Labute approximate surface area is 114 Å². The Morgan fingerprint density at radius 1 is 1.32 bits per heavy atom. The minimum Gasteiger partial charge on any atom is -0.384 e. The molecule has 0 unspecified atom stereocenters. The van der Waals surface area contributed by atoms with E-state index in [0.717, 1.165) is 0 Å². The largest absolute Gasteiger partial charge is 0.384 e. The first-order chi connectivity index (χ1) is 8.64. The van der Waals surface area contributed by atoms with E-state index in [1.165, 1.54) is 7.05 Å². The maximum Gasteiger partial charge on any atom is 0.213 e. The van der Waals surface area contributed by atoms with Crippen LogP contribution in [0.3, 0.4) is 0 Å². The van der Waals surface area contributed by atoms with Crippen LogP contribution in [0.4, 0.5) is 11.6 Å². The van der Waals surface area contributed by atoms with Gasteiger partial charge in [0, 0.05) is 18.0 Å². The Balaban J connectivity index is 2.77. The topological polar surface area (TPSA) is 110 Å². The number of nitrogens with two attached hydrogens (primary N) is 1. The molecule has 0 aromatic carbocycles. The number of hydrogen-bond acceptors (Lipinski definition) is 6. The van der Waals surface area contributed by atoms with Crippen LogP contribution in [0.15, 0.2) is 6.07 Å². The van der Waals surface area contributed by atoms with E-state index in [0.29, 0.717) is 17.5 Å². The second-order valence-electron chi connectivity index (χ2n) is 5.20. The number of aromatic nitrogens is 2. The first-order valence-electron chi connectivity index (χ1n) is 5.94. The number of nitrogen functional groups attached to an aromatic ring is 1. The summed E-state index contributed by atoms with van der Waals surface area (Å²) in [5.41, 5.74) is 5.50. The van der Waals surface area contributed by atoms with Crippen LogP contribution < -0.4 is 15.8 Å². The fourth-order valence-electron chi connectivity index (χ4n) is 1.31. The second-order valence-corrected chi connectivity index (χ2v) is 7.25. The van der Waals surface area contributed by atoms with Gasteiger partial charge in [0.05, 0.1) is 5.75 Å². The third kappa shape index (κ3) is 4.99. The number of rotatable bonds is 5. The van der Waals surface area contributed by atoms with Crippen molar-refractivity contribution >= 4 is 21.7 Å². The van der Waals surface area contributed by atoms with E-state index in [1.54, 1.807) is 6.07 Å². The molecule has 8 heteroatoms. The summed E-state index contributed by atoms with van der Waals surface area (Å²) in [5.74, 6) is 1.48. The fourth-order valence-corrected chi connectivity index (χ4v) is 1.88. The zero-order chi connectivity index (χ0) is 14.7. The van der Waals surface area contributed by atoms with Gasteiger partial charge in [0.25, 0.3) is 0 Å². The summed E-state index contributed by atoms with van der Waals surface area (Å²) in [4.78, 5) is 8.51. The predicted octanol–water partition coefficient (Wildman–Crippen LogP) is 0.317. The van der Waals surface area contributed by atoms with Gasteiger partial charge in [-0.3, -0.25) is 0 Å². The van der Waals surface area contributed by atoms with Crippen LogP contribution in [0.1, 0.15) is 26.6 Å². The standard InChI is InChI=1S/C11H21N5O2S/c1-11(2,3)10-15-8(12)7-9(16-10)14-5-6-19(17,18)13-4/h7,13H,5-6H2,1-4H3,(H3,12,14,15,16). The van der Waals surface area contributed by atoms with Gasteiger partial charge in [-0.25, -0.2) is 23.1 Å². The summed E-state index contributed by atoms with van der Waals surface area (Å²) in [6.07, 6.45) is 0. The quantitative estimate of drug-likeness (QED) is 0.719. The van der Waals surface area contributed by atoms with Crippen molar-refractivity contribution < 1.29 is 8.42 Å². The van der Waals surface area contributed by atoms with Crippen LogP contribution in [-0.4, -0.2) is 37.7 Å². The molecule has 0 atom stereocenters. The van der Waals surface area contributed by atoms with E-state index in [9.17, 15) is 8.42 Å². The van der Waals surface area contributed by atoms with Gasteiger partial charge in [-0.2, -0.15) is 0 Å². The summed E-state index contributed by atoms with van der Waals surface area (Å²) < 4.78 is 24.8. The molecular weight excluding hydrogens is 266 g/mol. The first kappa shape index (κ1) is 15.6. The van der Waals surface area contributed by atoms with Crippen molar-refractivity contribution in [1.82, 2.24) is 14.7 Å². The SMILES string of the molecule is CNS(=O)(=O)CCNc1cc(N)nc(C(C)(C)C)n1. The van der Waals surface area contributed by atoms with Gasteiger partial charge < -0.3 is 11.1 Å². The maximum absolute atomic E-state index is 11.3. The van der Waals surface area contributed by atoms with Crippen molar-refractivity contribution in [2.24, 2.45) is 0 Å². The molecule has 1 aromatic heterocycles. The molecule has 0 aliphatic carbocycles. The summed E-state index contributed by atoms with van der Waals surface area (Å²) in [6.45, 7) is 6.20. The average Bonchev–Trinajstić information content (AvgIpc) is 2.27. The minimum atomic E-state index is -3.23. The van der Waals surface area contributed by atoms with Crippen molar-refractivity contribution in [3.8, 4) is 0 Å². The van der Waals surface area contributed by atoms with Gasteiger partial charge in [-0.05, 0) is 7.05 Å². The number of sulfonamides is 1. The molecule has 0 aliphatic rings.